The van der Waals surface area contributed by atoms with Crippen molar-refractivity contribution in [1.29, 1.82) is 0 Å². The second kappa shape index (κ2) is 9.57. The quantitative estimate of drug-likeness (QED) is 0.303. The van der Waals surface area contributed by atoms with E-state index in [9.17, 15) is 0 Å². The Bertz CT molecular complexity index is 410. The summed E-state index contributed by atoms with van der Waals surface area (Å²) in [6.07, 6.45) is 0. The van der Waals surface area contributed by atoms with E-state index in [1.165, 1.54) is 10.4 Å². The molecule has 0 bridgehead atoms. The van der Waals surface area contributed by atoms with E-state index in [2.05, 4.69) is 60.1 Å². The Morgan fingerprint density at radius 3 is 2.45 bits per heavy atom. The Labute approximate surface area is 143 Å². The molecule has 0 aliphatic rings. The van der Waals surface area contributed by atoms with Gasteiger partial charge in [-0.15, -0.1) is 35.3 Å². The summed E-state index contributed by atoms with van der Waals surface area (Å²) >= 11 is 1.78. The van der Waals surface area contributed by atoms with E-state index in [0.29, 0.717) is 0 Å². The Morgan fingerprint density at radius 2 is 1.95 bits per heavy atom. The van der Waals surface area contributed by atoms with Gasteiger partial charge < -0.3 is 16.0 Å². The lowest BCUT2D eigenvalue weighted by molar-refractivity contribution is 0.428. The zero-order valence-electron chi connectivity index (χ0n) is 13.0. The molecule has 0 aromatic carbocycles. The van der Waals surface area contributed by atoms with Gasteiger partial charge in [0.05, 0.1) is 6.54 Å². The second-order valence-electron chi connectivity index (χ2n) is 5.56. The third-order valence-corrected chi connectivity index (χ3v) is 3.70. The summed E-state index contributed by atoms with van der Waals surface area (Å²) in [7, 11) is 1.80. The van der Waals surface area contributed by atoms with Gasteiger partial charge in [-0.3, -0.25) is 4.99 Å². The summed E-state index contributed by atoms with van der Waals surface area (Å²) in [6.45, 7) is 11.2. The number of thiophene rings is 1. The minimum atomic E-state index is 0. The van der Waals surface area contributed by atoms with Crippen LogP contribution in [0.25, 0.3) is 0 Å². The van der Waals surface area contributed by atoms with Gasteiger partial charge in [0.25, 0.3) is 0 Å². The lowest BCUT2D eigenvalue weighted by Gasteiger charge is -2.21. The largest absolute Gasteiger partial charge is 0.355 e. The fourth-order valence-electron chi connectivity index (χ4n) is 1.59. The number of hydrogen-bond donors (Lipinski definition) is 3. The number of aryl methyl sites for hydroxylation is 1. The van der Waals surface area contributed by atoms with Crippen LogP contribution in [-0.4, -0.2) is 31.6 Å². The number of nitrogens with one attached hydrogen (secondary N) is 3. The molecule has 0 unspecified atom stereocenters. The minimum absolute atomic E-state index is 0. The average molecular weight is 410 g/mol. The van der Waals surface area contributed by atoms with E-state index in [4.69, 9.17) is 0 Å². The van der Waals surface area contributed by atoms with E-state index in [1.807, 2.05) is 0 Å². The van der Waals surface area contributed by atoms with Crippen LogP contribution in [0, 0.1) is 6.92 Å². The molecule has 0 radical (unpaired) electrons. The van der Waals surface area contributed by atoms with Gasteiger partial charge in [0.15, 0.2) is 5.96 Å². The average Bonchev–Trinajstić information content (AvgIpc) is 2.73. The molecule has 0 aliphatic heterocycles. The first-order valence-corrected chi connectivity index (χ1v) is 7.53. The summed E-state index contributed by atoms with van der Waals surface area (Å²) in [5.41, 5.74) is 1.49. The molecule has 1 heterocycles. The van der Waals surface area contributed by atoms with Crippen LogP contribution in [0.15, 0.2) is 16.4 Å². The highest BCUT2D eigenvalue weighted by Crippen LogP contribution is 2.14. The number of hydrogen-bond acceptors (Lipinski definition) is 3. The van der Waals surface area contributed by atoms with E-state index >= 15 is 0 Å². The maximum Gasteiger partial charge on any atom is 0.191 e. The molecule has 1 aromatic heterocycles. The van der Waals surface area contributed by atoms with Gasteiger partial charge in [-0.2, -0.15) is 0 Å². The lowest BCUT2D eigenvalue weighted by Crippen LogP contribution is -2.44. The monoisotopic (exact) mass is 410 g/mol. The van der Waals surface area contributed by atoms with Crippen molar-refractivity contribution >= 4 is 41.3 Å². The molecule has 0 amide bonds. The first kappa shape index (κ1) is 19.7. The molecule has 4 nitrogen and oxygen atoms in total. The van der Waals surface area contributed by atoms with Crippen molar-refractivity contribution in [2.24, 2.45) is 4.99 Å². The van der Waals surface area contributed by atoms with Crippen LogP contribution < -0.4 is 16.0 Å². The van der Waals surface area contributed by atoms with Crippen LogP contribution in [0.3, 0.4) is 0 Å². The molecule has 6 heteroatoms. The number of guanidine groups is 1. The summed E-state index contributed by atoms with van der Waals surface area (Å²) in [5, 5.41) is 12.2. The van der Waals surface area contributed by atoms with Crippen molar-refractivity contribution in [1.82, 2.24) is 16.0 Å². The SMILES string of the molecule is CN=C(NCCNC(C)(C)C)NCc1sccc1C.I. The fourth-order valence-corrected chi connectivity index (χ4v) is 2.43. The number of aliphatic imine (C=N–C) groups is 1. The van der Waals surface area contributed by atoms with Crippen LogP contribution >= 0.6 is 35.3 Å². The van der Waals surface area contributed by atoms with Gasteiger partial charge in [0.2, 0.25) is 0 Å². The highest BCUT2D eigenvalue weighted by molar-refractivity contribution is 14.0. The molecule has 0 aliphatic carbocycles. The van der Waals surface area contributed by atoms with Crippen molar-refractivity contribution in [3.63, 3.8) is 0 Å². The Morgan fingerprint density at radius 1 is 1.25 bits per heavy atom. The van der Waals surface area contributed by atoms with Gasteiger partial charge in [0, 0.05) is 30.6 Å². The Kier molecular flexibility index (Phi) is 9.41. The molecular weight excluding hydrogens is 383 g/mol. The summed E-state index contributed by atoms with van der Waals surface area (Å²) in [5.74, 6) is 0.850. The molecule has 20 heavy (non-hydrogen) atoms. The zero-order chi connectivity index (χ0) is 14.3. The van der Waals surface area contributed by atoms with Crippen LogP contribution in [0.5, 0.6) is 0 Å². The van der Waals surface area contributed by atoms with Gasteiger partial charge in [-0.1, -0.05) is 0 Å². The van der Waals surface area contributed by atoms with Gasteiger partial charge in [-0.05, 0) is 44.7 Å². The van der Waals surface area contributed by atoms with Crippen molar-refractivity contribution in [2.45, 2.75) is 39.8 Å². The third kappa shape index (κ3) is 8.06. The number of halogens is 1. The third-order valence-electron chi connectivity index (χ3n) is 2.68. The second-order valence-corrected chi connectivity index (χ2v) is 6.56. The molecule has 0 saturated heterocycles. The molecule has 116 valence electrons. The molecular formula is C14H27IN4S. The van der Waals surface area contributed by atoms with Crippen LogP contribution in [-0.2, 0) is 6.54 Å². The van der Waals surface area contributed by atoms with Crippen molar-refractivity contribution in [3.8, 4) is 0 Å². The maximum atomic E-state index is 4.22. The minimum Gasteiger partial charge on any atom is -0.355 e. The standard InChI is InChI=1S/C14H26N4S.HI/c1-11-6-9-19-12(11)10-17-13(15-5)16-7-8-18-14(2,3)4;/h6,9,18H,7-8,10H2,1-5H3,(H2,15,16,17);1H. The van der Waals surface area contributed by atoms with Crippen LogP contribution in [0.1, 0.15) is 31.2 Å². The summed E-state index contributed by atoms with van der Waals surface area (Å²) in [4.78, 5) is 5.58. The first-order chi connectivity index (χ1) is 8.92. The molecule has 1 aromatic rings. The predicted octanol–water partition coefficient (Wildman–Crippen LogP) is 2.73. The zero-order valence-corrected chi connectivity index (χ0v) is 16.2. The predicted molar refractivity (Wildman–Crippen MR) is 100 cm³/mol. The van der Waals surface area contributed by atoms with Gasteiger partial charge in [-0.25, -0.2) is 0 Å². The van der Waals surface area contributed by atoms with Crippen molar-refractivity contribution in [3.05, 3.63) is 21.9 Å². The molecule has 0 atom stereocenters. The van der Waals surface area contributed by atoms with Crippen molar-refractivity contribution < 1.29 is 0 Å². The number of nitrogens with zero attached hydrogens (tertiary/aromatic N) is 1. The highest BCUT2D eigenvalue weighted by atomic mass is 127. The highest BCUT2D eigenvalue weighted by Gasteiger charge is 2.07. The smallest absolute Gasteiger partial charge is 0.191 e. The van der Waals surface area contributed by atoms with E-state index < -0.39 is 0 Å². The normalized spacial score (nSPS) is 11.9. The van der Waals surface area contributed by atoms with Crippen LogP contribution in [0.2, 0.25) is 0 Å². The van der Waals surface area contributed by atoms with Crippen molar-refractivity contribution in [2.75, 3.05) is 20.1 Å². The van der Waals surface area contributed by atoms with E-state index in [1.54, 1.807) is 18.4 Å². The number of rotatable bonds is 5. The summed E-state index contributed by atoms with van der Waals surface area (Å²) in [6, 6.07) is 2.14. The maximum absolute atomic E-state index is 4.22. The van der Waals surface area contributed by atoms with Crippen LogP contribution in [0.4, 0.5) is 0 Å². The molecule has 3 N–H and O–H groups in total. The molecule has 1 rings (SSSR count). The molecule has 0 fully saturated rings. The topological polar surface area (TPSA) is 48.5 Å². The van der Waals surface area contributed by atoms with E-state index in [0.717, 1.165) is 25.6 Å². The van der Waals surface area contributed by atoms with Gasteiger partial charge >= 0.3 is 0 Å². The Hall–Kier alpha value is -0.340. The molecule has 0 spiro atoms. The molecule has 0 saturated carbocycles. The lowest BCUT2D eigenvalue weighted by atomic mass is 10.1. The van der Waals surface area contributed by atoms with E-state index in [-0.39, 0.29) is 29.5 Å². The summed E-state index contributed by atoms with van der Waals surface area (Å²) < 4.78 is 0. The Balaban J connectivity index is 0.00000361. The first-order valence-electron chi connectivity index (χ1n) is 6.65. The fraction of sp³-hybridized carbons (Fsp3) is 0.643. The van der Waals surface area contributed by atoms with Gasteiger partial charge in [0.1, 0.15) is 0 Å².